The van der Waals surface area contributed by atoms with Gasteiger partial charge in [0.1, 0.15) is 11.6 Å². The van der Waals surface area contributed by atoms with Crippen molar-refractivity contribution in [2.24, 2.45) is 5.92 Å². The minimum Gasteiger partial charge on any atom is -0.447 e. The molecule has 32 heavy (non-hydrogen) atoms. The molecule has 0 saturated carbocycles. The Hall–Kier alpha value is -3.35. The zero-order valence-electron chi connectivity index (χ0n) is 18.4. The van der Waals surface area contributed by atoms with Crippen molar-refractivity contribution in [1.82, 2.24) is 9.88 Å². The topological polar surface area (TPSA) is 75.9 Å². The summed E-state index contributed by atoms with van der Waals surface area (Å²) in [6.45, 7) is 5.75. The van der Waals surface area contributed by atoms with E-state index in [2.05, 4.69) is 11.9 Å². The predicted octanol–water partition coefficient (Wildman–Crippen LogP) is 3.87. The Bertz CT molecular complexity index is 1130. The molecule has 2 aliphatic rings. The van der Waals surface area contributed by atoms with Crippen LogP contribution in [0.25, 0.3) is 11.1 Å². The van der Waals surface area contributed by atoms with Crippen LogP contribution in [0.15, 0.2) is 46.9 Å². The fraction of sp³-hybridized carbons (Fsp3) is 0.400. The Morgan fingerprint density at radius 3 is 2.62 bits per heavy atom. The van der Waals surface area contributed by atoms with Crippen LogP contribution in [0.3, 0.4) is 0 Å². The number of piperidine rings is 1. The molecule has 0 radical (unpaired) electrons. The number of ether oxygens (including phenoxy) is 1. The number of aromatic nitrogens is 1. The van der Waals surface area contributed by atoms with E-state index in [4.69, 9.17) is 9.15 Å². The number of carbonyl (C=O) groups excluding carboxylic acids is 2. The smallest absolute Gasteiger partial charge is 0.394 e. The molecule has 7 heteroatoms. The van der Waals surface area contributed by atoms with E-state index in [1.165, 1.54) is 5.56 Å². The molecule has 0 bridgehead atoms. The lowest BCUT2D eigenvalue weighted by molar-refractivity contribution is -0.137. The molecule has 5 rings (SSSR count). The van der Waals surface area contributed by atoms with Crippen LogP contribution < -0.4 is 9.64 Å². The average molecular weight is 434 g/mol. The van der Waals surface area contributed by atoms with Crippen molar-refractivity contribution in [3.63, 3.8) is 0 Å². The number of amides is 2. The number of hydrogen-bond donors (Lipinski definition) is 0. The van der Waals surface area contributed by atoms with Crippen LogP contribution in [0.1, 0.15) is 30.4 Å². The quantitative estimate of drug-likeness (QED) is 0.624. The maximum atomic E-state index is 13.1. The van der Waals surface area contributed by atoms with Crippen molar-refractivity contribution in [2.45, 2.75) is 39.2 Å². The Kier molecular flexibility index (Phi) is 5.33. The van der Waals surface area contributed by atoms with Gasteiger partial charge in [-0.1, -0.05) is 18.2 Å². The van der Waals surface area contributed by atoms with E-state index in [0.717, 1.165) is 16.8 Å². The molecule has 0 N–H and O–H groups in total. The Morgan fingerprint density at radius 2 is 1.88 bits per heavy atom. The number of benzene rings is 2. The molecule has 2 amide bonds. The summed E-state index contributed by atoms with van der Waals surface area (Å²) in [7, 11) is 0. The molecule has 1 aromatic heterocycles. The van der Waals surface area contributed by atoms with Crippen LogP contribution in [0.2, 0.25) is 0 Å². The van der Waals surface area contributed by atoms with E-state index in [1.54, 1.807) is 4.90 Å². The van der Waals surface area contributed by atoms with Crippen molar-refractivity contribution in [1.29, 1.82) is 0 Å². The van der Waals surface area contributed by atoms with Gasteiger partial charge in [0, 0.05) is 44.6 Å². The lowest BCUT2D eigenvalue weighted by Gasteiger charge is -2.32. The highest BCUT2D eigenvalue weighted by Crippen LogP contribution is 2.29. The normalized spacial score (nSPS) is 19.7. The van der Waals surface area contributed by atoms with Crippen molar-refractivity contribution < 1.29 is 18.7 Å². The van der Waals surface area contributed by atoms with Crippen molar-refractivity contribution >= 4 is 28.6 Å². The Morgan fingerprint density at radius 1 is 1.09 bits per heavy atom. The average Bonchev–Trinajstić information content (AvgIpc) is 3.38. The van der Waals surface area contributed by atoms with Gasteiger partial charge in [-0.25, -0.2) is 0 Å². The van der Waals surface area contributed by atoms with Crippen LogP contribution in [0.5, 0.6) is 6.08 Å². The second kappa shape index (κ2) is 8.30. The first-order valence-electron chi connectivity index (χ1n) is 11.2. The largest absolute Gasteiger partial charge is 0.447 e. The summed E-state index contributed by atoms with van der Waals surface area (Å²) >= 11 is 0. The standard InChI is InChI=1S/C25H27N3O4/c1-16-7-8-19(13-17(16)2)28-15-18(14-23(28)29)24(30)27-11-9-20(10-12-27)31-25-26-21-5-3-4-6-22(21)32-25/h3-8,13,18,20H,9-12,14-15H2,1-2H3/t18-/m0/s1. The fourth-order valence-corrected chi connectivity index (χ4v) is 4.51. The summed E-state index contributed by atoms with van der Waals surface area (Å²) in [5.41, 5.74) is 4.68. The van der Waals surface area contributed by atoms with Gasteiger partial charge in [-0.3, -0.25) is 9.59 Å². The zero-order valence-corrected chi connectivity index (χ0v) is 18.4. The van der Waals surface area contributed by atoms with Crippen LogP contribution in [-0.2, 0) is 9.59 Å². The number of hydrogen-bond acceptors (Lipinski definition) is 5. The molecule has 2 aromatic carbocycles. The Balaban J connectivity index is 1.17. The monoisotopic (exact) mass is 433 g/mol. The number of carbonyl (C=O) groups is 2. The van der Waals surface area contributed by atoms with E-state index in [0.29, 0.717) is 38.1 Å². The zero-order chi connectivity index (χ0) is 22.2. The summed E-state index contributed by atoms with van der Waals surface area (Å²) in [6, 6.07) is 13.6. The maximum Gasteiger partial charge on any atom is 0.394 e. The van der Waals surface area contributed by atoms with Gasteiger partial charge in [-0.15, -0.1) is 0 Å². The molecule has 0 aliphatic carbocycles. The highest BCUT2D eigenvalue weighted by molar-refractivity contribution is 6.00. The number of nitrogens with zero attached hydrogens (tertiary/aromatic N) is 3. The molecule has 7 nitrogen and oxygen atoms in total. The van der Waals surface area contributed by atoms with E-state index in [-0.39, 0.29) is 36.3 Å². The minimum absolute atomic E-state index is 0.0146. The third-order valence-electron chi connectivity index (χ3n) is 6.57. The first kappa shape index (κ1) is 20.5. The lowest BCUT2D eigenvalue weighted by atomic mass is 10.0. The van der Waals surface area contributed by atoms with Gasteiger partial charge in [0.25, 0.3) is 0 Å². The van der Waals surface area contributed by atoms with Crippen molar-refractivity contribution in [3.05, 3.63) is 53.6 Å². The van der Waals surface area contributed by atoms with Crippen LogP contribution >= 0.6 is 0 Å². The summed E-state index contributed by atoms with van der Waals surface area (Å²) in [5, 5.41) is 0. The SMILES string of the molecule is Cc1ccc(N2C[C@@H](C(=O)N3CCC(Oc4nc5ccccc5o4)CC3)CC2=O)cc1C. The first-order chi connectivity index (χ1) is 15.5. The second-order valence-corrected chi connectivity index (χ2v) is 8.76. The summed E-state index contributed by atoms with van der Waals surface area (Å²) in [6.07, 6.45) is 1.94. The van der Waals surface area contributed by atoms with E-state index < -0.39 is 0 Å². The second-order valence-electron chi connectivity index (χ2n) is 8.76. The van der Waals surface area contributed by atoms with E-state index >= 15 is 0 Å². The molecule has 0 unspecified atom stereocenters. The van der Waals surface area contributed by atoms with Gasteiger partial charge < -0.3 is 19.0 Å². The summed E-state index contributed by atoms with van der Waals surface area (Å²) < 4.78 is 11.6. The highest BCUT2D eigenvalue weighted by atomic mass is 16.6. The van der Waals surface area contributed by atoms with Gasteiger partial charge in [0.2, 0.25) is 11.8 Å². The van der Waals surface area contributed by atoms with Crippen LogP contribution in [-0.4, -0.2) is 47.4 Å². The molecule has 3 heterocycles. The lowest BCUT2D eigenvalue weighted by Crippen LogP contribution is -2.44. The number of aryl methyl sites for hydroxylation is 2. The first-order valence-corrected chi connectivity index (χ1v) is 11.2. The van der Waals surface area contributed by atoms with Gasteiger partial charge in [-0.05, 0) is 49.2 Å². The molecule has 3 aromatic rings. The van der Waals surface area contributed by atoms with Gasteiger partial charge >= 0.3 is 6.08 Å². The number of oxazole rings is 1. The molecule has 2 saturated heterocycles. The number of rotatable bonds is 4. The number of fused-ring (bicyclic) bond motifs is 1. The minimum atomic E-state index is -0.293. The number of anilines is 1. The maximum absolute atomic E-state index is 13.1. The molecule has 1 atom stereocenters. The number of likely N-dealkylation sites (tertiary alicyclic amines) is 1. The van der Waals surface area contributed by atoms with E-state index in [1.807, 2.05) is 54.3 Å². The highest BCUT2D eigenvalue weighted by Gasteiger charge is 2.38. The molecule has 2 aliphatic heterocycles. The summed E-state index contributed by atoms with van der Waals surface area (Å²) in [5.74, 6) is -0.218. The fourth-order valence-electron chi connectivity index (χ4n) is 4.51. The predicted molar refractivity (Wildman–Crippen MR) is 121 cm³/mol. The Labute approximate surface area is 187 Å². The van der Waals surface area contributed by atoms with E-state index in [9.17, 15) is 9.59 Å². The van der Waals surface area contributed by atoms with Crippen LogP contribution in [0.4, 0.5) is 5.69 Å². The van der Waals surface area contributed by atoms with Gasteiger partial charge in [0.15, 0.2) is 5.58 Å². The third-order valence-corrected chi connectivity index (χ3v) is 6.57. The third kappa shape index (κ3) is 3.95. The molecule has 0 spiro atoms. The molecular formula is C25H27N3O4. The number of para-hydroxylation sites is 2. The molecule has 166 valence electrons. The molecular weight excluding hydrogens is 406 g/mol. The van der Waals surface area contributed by atoms with Crippen LogP contribution in [0, 0.1) is 19.8 Å². The van der Waals surface area contributed by atoms with Crippen molar-refractivity contribution in [3.8, 4) is 6.08 Å². The van der Waals surface area contributed by atoms with Gasteiger partial charge in [0.05, 0.1) is 5.92 Å². The molecule has 2 fully saturated rings. The van der Waals surface area contributed by atoms with Crippen molar-refractivity contribution in [2.75, 3.05) is 24.5 Å². The van der Waals surface area contributed by atoms with Gasteiger partial charge in [-0.2, -0.15) is 4.98 Å². The summed E-state index contributed by atoms with van der Waals surface area (Å²) in [4.78, 5) is 33.7.